The van der Waals surface area contributed by atoms with Crippen LogP contribution in [-0.4, -0.2) is 57.2 Å². The quantitative estimate of drug-likeness (QED) is 0.810. The van der Waals surface area contributed by atoms with E-state index >= 15 is 0 Å². The summed E-state index contributed by atoms with van der Waals surface area (Å²) in [5, 5.41) is 6.38. The lowest BCUT2D eigenvalue weighted by Gasteiger charge is -2.24. The molecule has 0 aliphatic carbocycles. The first-order chi connectivity index (χ1) is 10.2. The van der Waals surface area contributed by atoms with Crippen LogP contribution in [0.2, 0.25) is 0 Å². The summed E-state index contributed by atoms with van der Waals surface area (Å²) in [4.78, 5) is 14.5. The van der Waals surface area contributed by atoms with Gasteiger partial charge in [0.05, 0.1) is 5.56 Å². The predicted molar refractivity (Wildman–Crippen MR) is 98.3 cm³/mol. The van der Waals surface area contributed by atoms with Gasteiger partial charge in [-0.2, -0.15) is 0 Å². The molecule has 23 heavy (non-hydrogen) atoms. The second kappa shape index (κ2) is 11.5. The highest BCUT2D eigenvalue weighted by molar-refractivity contribution is 5.97. The van der Waals surface area contributed by atoms with Crippen LogP contribution in [0.5, 0.6) is 5.75 Å². The van der Waals surface area contributed by atoms with E-state index in [-0.39, 0.29) is 36.8 Å². The van der Waals surface area contributed by atoms with Gasteiger partial charge in [-0.3, -0.25) is 4.79 Å². The number of carbonyl (C=O) groups is 1. The molecule has 5 nitrogen and oxygen atoms in total. The van der Waals surface area contributed by atoms with Crippen molar-refractivity contribution in [2.24, 2.45) is 0 Å². The number of piperidine rings is 1. The van der Waals surface area contributed by atoms with Crippen LogP contribution < -0.4 is 15.4 Å². The monoisotopic (exact) mass is 363 g/mol. The molecule has 132 valence electrons. The summed E-state index contributed by atoms with van der Waals surface area (Å²) in [5.74, 6) is 0.602. The number of rotatable bonds is 6. The van der Waals surface area contributed by atoms with E-state index in [0.717, 1.165) is 32.5 Å². The molecule has 1 saturated heterocycles. The molecule has 1 atom stereocenters. The molecule has 7 heteroatoms. The minimum Gasteiger partial charge on any atom is -0.491 e. The van der Waals surface area contributed by atoms with E-state index in [2.05, 4.69) is 15.5 Å². The van der Waals surface area contributed by atoms with Gasteiger partial charge in [-0.05, 0) is 45.6 Å². The summed E-state index contributed by atoms with van der Waals surface area (Å²) in [6, 6.07) is 7.64. The maximum absolute atomic E-state index is 12.4. The van der Waals surface area contributed by atoms with Crippen molar-refractivity contribution in [2.75, 3.05) is 40.3 Å². The van der Waals surface area contributed by atoms with Gasteiger partial charge in [-0.1, -0.05) is 12.1 Å². The van der Waals surface area contributed by atoms with E-state index in [0.29, 0.717) is 17.9 Å². The maximum Gasteiger partial charge on any atom is 0.255 e. The average Bonchev–Trinajstić information content (AvgIpc) is 2.48. The van der Waals surface area contributed by atoms with Gasteiger partial charge in [0, 0.05) is 19.1 Å². The van der Waals surface area contributed by atoms with Crippen LogP contribution in [0.15, 0.2) is 24.3 Å². The van der Waals surface area contributed by atoms with Crippen LogP contribution >= 0.6 is 24.8 Å². The third-order valence-corrected chi connectivity index (χ3v) is 3.56. The predicted octanol–water partition coefficient (Wildman–Crippen LogP) is 1.95. The SMILES string of the molecule is CN(C)CCOc1ccccc1C(=O)N[C@H]1CCCNC1.Cl.Cl. The van der Waals surface area contributed by atoms with Crippen molar-refractivity contribution in [1.29, 1.82) is 0 Å². The van der Waals surface area contributed by atoms with Crippen LogP contribution in [0, 0.1) is 0 Å². The highest BCUT2D eigenvalue weighted by atomic mass is 35.5. The van der Waals surface area contributed by atoms with Gasteiger partial charge in [0.15, 0.2) is 0 Å². The highest BCUT2D eigenvalue weighted by Gasteiger charge is 2.18. The summed E-state index contributed by atoms with van der Waals surface area (Å²) >= 11 is 0. The Morgan fingerprint density at radius 1 is 1.35 bits per heavy atom. The molecule has 2 N–H and O–H groups in total. The first kappa shape index (κ1) is 22.0. The number of amides is 1. The van der Waals surface area contributed by atoms with Crippen molar-refractivity contribution < 1.29 is 9.53 Å². The molecule has 1 aromatic carbocycles. The van der Waals surface area contributed by atoms with E-state index in [4.69, 9.17) is 4.74 Å². The third-order valence-electron chi connectivity index (χ3n) is 3.56. The Kier molecular flexibility index (Phi) is 11.0. The van der Waals surface area contributed by atoms with Gasteiger partial charge in [-0.25, -0.2) is 0 Å². The van der Waals surface area contributed by atoms with E-state index < -0.39 is 0 Å². The van der Waals surface area contributed by atoms with Gasteiger partial charge in [0.1, 0.15) is 12.4 Å². The summed E-state index contributed by atoms with van der Waals surface area (Å²) < 4.78 is 5.74. The van der Waals surface area contributed by atoms with Crippen LogP contribution in [0.3, 0.4) is 0 Å². The molecular formula is C16H27Cl2N3O2. The first-order valence-corrected chi connectivity index (χ1v) is 7.55. The first-order valence-electron chi connectivity index (χ1n) is 7.55. The average molecular weight is 364 g/mol. The zero-order valence-electron chi connectivity index (χ0n) is 13.7. The Labute approximate surface area is 151 Å². The molecule has 1 aromatic rings. The number of ether oxygens (including phenoxy) is 1. The number of hydrogen-bond acceptors (Lipinski definition) is 4. The van der Waals surface area contributed by atoms with Crippen molar-refractivity contribution in [3.8, 4) is 5.75 Å². The molecule has 1 amide bonds. The molecular weight excluding hydrogens is 337 g/mol. The molecule has 0 radical (unpaired) electrons. The number of para-hydroxylation sites is 1. The van der Waals surface area contributed by atoms with Crippen LogP contribution in [0.1, 0.15) is 23.2 Å². The number of likely N-dealkylation sites (N-methyl/N-ethyl adjacent to an activating group) is 1. The van der Waals surface area contributed by atoms with Crippen LogP contribution in [0.4, 0.5) is 0 Å². The minimum atomic E-state index is -0.0517. The number of benzene rings is 1. The second-order valence-corrected chi connectivity index (χ2v) is 5.66. The molecule has 1 heterocycles. The molecule has 0 bridgehead atoms. The minimum absolute atomic E-state index is 0. The molecule has 0 saturated carbocycles. The third kappa shape index (κ3) is 7.40. The zero-order chi connectivity index (χ0) is 15.1. The standard InChI is InChI=1S/C16H25N3O2.2ClH/c1-19(2)10-11-21-15-8-4-3-7-14(15)16(20)18-13-6-5-9-17-12-13;;/h3-4,7-8,13,17H,5-6,9-12H2,1-2H3,(H,18,20);2*1H/t13-;;/m0../s1. The largest absolute Gasteiger partial charge is 0.491 e. The fourth-order valence-electron chi connectivity index (χ4n) is 2.36. The number of carbonyl (C=O) groups excluding carboxylic acids is 1. The maximum atomic E-state index is 12.4. The summed E-state index contributed by atoms with van der Waals surface area (Å²) in [7, 11) is 4.00. The van der Waals surface area contributed by atoms with E-state index in [1.54, 1.807) is 0 Å². The van der Waals surface area contributed by atoms with E-state index in [9.17, 15) is 4.79 Å². The van der Waals surface area contributed by atoms with E-state index in [1.165, 1.54) is 0 Å². The lowest BCUT2D eigenvalue weighted by Crippen LogP contribution is -2.45. The van der Waals surface area contributed by atoms with Crippen molar-refractivity contribution >= 4 is 30.7 Å². The highest BCUT2D eigenvalue weighted by Crippen LogP contribution is 2.18. The van der Waals surface area contributed by atoms with Gasteiger partial charge in [0.25, 0.3) is 5.91 Å². The Bertz CT molecular complexity index is 466. The molecule has 2 rings (SSSR count). The molecule has 1 aliphatic heterocycles. The Balaban J connectivity index is 0.00000242. The molecule has 0 spiro atoms. The van der Waals surface area contributed by atoms with Crippen LogP contribution in [0.25, 0.3) is 0 Å². The fourth-order valence-corrected chi connectivity index (χ4v) is 2.36. The molecule has 0 unspecified atom stereocenters. The molecule has 0 aromatic heterocycles. The number of hydrogen-bond donors (Lipinski definition) is 2. The van der Waals surface area contributed by atoms with Crippen molar-refractivity contribution in [2.45, 2.75) is 18.9 Å². The summed E-state index contributed by atoms with van der Waals surface area (Å²) in [5.41, 5.74) is 0.613. The van der Waals surface area contributed by atoms with E-state index in [1.807, 2.05) is 38.4 Å². The Morgan fingerprint density at radius 3 is 2.74 bits per heavy atom. The van der Waals surface area contributed by atoms with Gasteiger partial charge in [0.2, 0.25) is 0 Å². The lowest BCUT2D eigenvalue weighted by molar-refractivity contribution is 0.0926. The molecule has 1 fully saturated rings. The summed E-state index contributed by atoms with van der Waals surface area (Å²) in [6.45, 7) is 3.27. The van der Waals surface area contributed by atoms with Crippen molar-refractivity contribution in [3.63, 3.8) is 0 Å². The second-order valence-electron chi connectivity index (χ2n) is 5.66. The van der Waals surface area contributed by atoms with Crippen molar-refractivity contribution in [1.82, 2.24) is 15.5 Å². The Morgan fingerprint density at radius 2 is 2.09 bits per heavy atom. The van der Waals surface area contributed by atoms with Gasteiger partial charge >= 0.3 is 0 Å². The lowest BCUT2D eigenvalue weighted by atomic mass is 10.1. The van der Waals surface area contributed by atoms with Gasteiger partial charge < -0.3 is 20.3 Å². The molecule has 1 aliphatic rings. The van der Waals surface area contributed by atoms with Gasteiger partial charge in [-0.15, -0.1) is 24.8 Å². The Hall–Kier alpha value is -1.01. The normalized spacial score (nSPS) is 16.9. The topological polar surface area (TPSA) is 53.6 Å². The zero-order valence-corrected chi connectivity index (χ0v) is 15.3. The van der Waals surface area contributed by atoms with Crippen molar-refractivity contribution in [3.05, 3.63) is 29.8 Å². The van der Waals surface area contributed by atoms with Crippen LogP contribution in [-0.2, 0) is 0 Å². The smallest absolute Gasteiger partial charge is 0.255 e. The number of nitrogens with zero attached hydrogens (tertiary/aromatic N) is 1. The number of nitrogens with one attached hydrogen (secondary N) is 2. The number of halogens is 2. The summed E-state index contributed by atoms with van der Waals surface area (Å²) in [6.07, 6.45) is 2.13. The fraction of sp³-hybridized carbons (Fsp3) is 0.562.